The molecule has 1 fully saturated rings. The monoisotopic (exact) mass is 324 g/mol. The van der Waals surface area contributed by atoms with Gasteiger partial charge in [0.1, 0.15) is 6.61 Å². The van der Waals surface area contributed by atoms with Gasteiger partial charge in [-0.3, -0.25) is 9.69 Å². The van der Waals surface area contributed by atoms with Gasteiger partial charge >= 0.3 is 5.97 Å². The molecule has 0 amide bonds. The molecule has 1 aliphatic heterocycles. The van der Waals surface area contributed by atoms with Crippen LogP contribution >= 0.6 is 0 Å². The number of carbonyl (C=O) groups excluding carboxylic acids is 1. The summed E-state index contributed by atoms with van der Waals surface area (Å²) in [6.45, 7) is 1.99. The fraction of sp³-hybridized carbons (Fsp3) is 0.350. The summed E-state index contributed by atoms with van der Waals surface area (Å²) in [4.78, 5) is 14.6. The van der Waals surface area contributed by atoms with Gasteiger partial charge in [0, 0.05) is 13.1 Å². The summed E-state index contributed by atoms with van der Waals surface area (Å²) < 4.78 is 5.49. The van der Waals surface area contributed by atoms with E-state index in [0.29, 0.717) is 6.61 Å². The molecule has 4 heteroatoms. The highest BCUT2D eigenvalue weighted by Crippen LogP contribution is 2.24. The van der Waals surface area contributed by atoms with Crippen molar-refractivity contribution in [1.29, 1.82) is 0 Å². The first-order chi connectivity index (χ1) is 11.7. The number of carbonyl (C=O) groups is 1. The molecule has 24 heavy (non-hydrogen) atoms. The van der Waals surface area contributed by atoms with Crippen LogP contribution in [0.15, 0.2) is 60.7 Å². The van der Waals surface area contributed by atoms with E-state index in [-0.39, 0.29) is 18.1 Å². The summed E-state index contributed by atoms with van der Waals surface area (Å²) in [6.07, 6.45) is 1.47. The number of hydrogen-bond donors (Lipinski definition) is 1. The second-order valence-electron chi connectivity index (χ2n) is 6.29. The van der Waals surface area contributed by atoms with Crippen LogP contribution in [0.2, 0.25) is 0 Å². The Bertz CT molecular complexity index is 645. The van der Waals surface area contributed by atoms with E-state index < -0.39 is 0 Å². The molecule has 1 heterocycles. The van der Waals surface area contributed by atoms with Crippen molar-refractivity contribution in [3.05, 3.63) is 71.8 Å². The molecule has 0 spiro atoms. The number of nitrogens with zero attached hydrogens (tertiary/aromatic N) is 1. The van der Waals surface area contributed by atoms with Gasteiger partial charge in [-0.25, -0.2) is 0 Å². The second kappa shape index (κ2) is 8.08. The first kappa shape index (κ1) is 16.7. The van der Waals surface area contributed by atoms with E-state index in [2.05, 4.69) is 17.0 Å². The first-order valence-electron chi connectivity index (χ1n) is 8.48. The van der Waals surface area contributed by atoms with Crippen LogP contribution in [0.5, 0.6) is 0 Å². The number of esters is 1. The van der Waals surface area contributed by atoms with Crippen LogP contribution in [0.4, 0.5) is 0 Å². The highest BCUT2D eigenvalue weighted by molar-refractivity contribution is 5.73. The Morgan fingerprint density at radius 3 is 2.33 bits per heavy atom. The minimum Gasteiger partial charge on any atom is -0.461 e. The van der Waals surface area contributed by atoms with Crippen molar-refractivity contribution in [3.63, 3.8) is 0 Å². The van der Waals surface area contributed by atoms with E-state index in [1.807, 2.05) is 48.5 Å². The lowest BCUT2D eigenvalue weighted by Crippen LogP contribution is -2.53. The number of likely N-dealkylation sites (tertiary alicyclic amines) is 1. The summed E-state index contributed by atoms with van der Waals surface area (Å²) in [6, 6.07) is 20.0. The van der Waals surface area contributed by atoms with Crippen molar-refractivity contribution in [1.82, 2.24) is 4.90 Å². The van der Waals surface area contributed by atoms with Crippen molar-refractivity contribution in [2.45, 2.75) is 32.2 Å². The van der Waals surface area contributed by atoms with Gasteiger partial charge in [-0.1, -0.05) is 60.7 Å². The van der Waals surface area contributed by atoms with Gasteiger partial charge in [0.15, 0.2) is 0 Å². The highest BCUT2D eigenvalue weighted by Gasteiger charge is 2.34. The van der Waals surface area contributed by atoms with Gasteiger partial charge < -0.3 is 10.5 Å². The molecule has 2 N–H and O–H groups in total. The average Bonchev–Trinajstić information content (AvgIpc) is 2.63. The standard InChI is InChI=1S/C20H24N2O2/c21-19-18(20(23)24-15-17-10-5-2-6-11-17)12-7-13-22(19)14-16-8-3-1-4-9-16/h1-6,8-11,18-19H,7,12-15,21H2/t18-,19+/m1/s1. The lowest BCUT2D eigenvalue weighted by Gasteiger charge is -2.37. The van der Waals surface area contributed by atoms with Crippen LogP contribution in [-0.2, 0) is 22.7 Å². The molecule has 0 aromatic heterocycles. The fourth-order valence-electron chi connectivity index (χ4n) is 3.18. The maximum absolute atomic E-state index is 12.5. The molecule has 3 rings (SSSR count). The van der Waals surface area contributed by atoms with E-state index in [4.69, 9.17) is 10.5 Å². The molecular weight excluding hydrogens is 300 g/mol. The molecule has 0 radical (unpaired) electrons. The molecule has 2 aromatic rings. The van der Waals surface area contributed by atoms with Gasteiger partial charge in [-0.05, 0) is 24.0 Å². The Hall–Kier alpha value is -2.17. The third-order valence-electron chi connectivity index (χ3n) is 4.55. The minimum absolute atomic E-state index is 0.191. The number of ether oxygens (including phenoxy) is 1. The zero-order chi connectivity index (χ0) is 16.8. The average molecular weight is 324 g/mol. The van der Waals surface area contributed by atoms with Gasteiger partial charge in [-0.15, -0.1) is 0 Å². The number of rotatable bonds is 5. The minimum atomic E-state index is -0.290. The number of benzene rings is 2. The summed E-state index contributed by atoms with van der Waals surface area (Å²) in [5, 5.41) is 0. The Kier molecular flexibility index (Phi) is 5.62. The van der Waals surface area contributed by atoms with E-state index in [0.717, 1.165) is 31.5 Å². The third-order valence-corrected chi connectivity index (χ3v) is 4.55. The molecule has 2 atom stereocenters. The number of nitrogens with two attached hydrogens (primary N) is 1. The van der Waals surface area contributed by atoms with Crippen molar-refractivity contribution in [2.24, 2.45) is 11.7 Å². The smallest absolute Gasteiger partial charge is 0.312 e. The van der Waals surface area contributed by atoms with Gasteiger partial charge in [0.25, 0.3) is 0 Å². The number of hydrogen-bond acceptors (Lipinski definition) is 4. The zero-order valence-corrected chi connectivity index (χ0v) is 13.8. The second-order valence-corrected chi connectivity index (χ2v) is 6.29. The molecule has 0 aliphatic carbocycles. The molecular formula is C20H24N2O2. The van der Waals surface area contributed by atoms with Crippen molar-refractivity contribution >= 4 is 5.97 Å². The van der Waals surface area contributed by atoms with Crippen LogP contribution in [0.3, 0.4) is 0 Å². The number of piperidine rings is 1. The molecule has 0 unspecified atom stereocenters. The van der Waals surface area contributed by atoms with E-state index in [1.54, 1.807) is 0 Å². The Labute approximate surface area is 143 Å². The lowest BCUT2D eigenvalue weighted by molar-refractivity contribution is -0.154. The SMILES string of the molecule is N[C@@H]1[C@H](C(=O)OCc2ccccc2)CCCN1Cc1ccccc1. The Balaban J connectivity index is 1.57. The molecule has 0 bridgehead atoms. The van der Waals surface area contributed by atoms with Crippen LogP contribution in [0.25, 0.3) is 0 Å². The van der Waals surface area contributed by atoms with E-state index in [1.165, 1.54) is 5.56 Å². The summed E-state index contributed by atoms with van der Waals surface area (Å²) >= 11 is 0. The molecule has 1 saturated heterocycles. The molecule has 0 saturated carbocycles. The zero-order valence-electron chi connectivity index (χ0n) is 13.8. The predicted molar refractivity (Wildman–Crippen MR) is 93.8 cm³/mol. The Morgan fingerprint density at radius 2 is 1.67 bits per heavy atom. The van der Waals surface area contributed by atoms with Crippen LogP contribution in [0.1, 0.15) is 24.0 Å². The van der Waals surface area contributed by atoms with Crippen LogP contribution < -0.4 is 5.73 Å². The predicted octanol–water partition coefficient (Wildman–Crippen LogP) is 2.93. The van der Waals surface area contributed by atoms with Gasteiger partial charge in [-0.2, -0.15) is 0 Å². The van der Waals surface area contributed by atoms with Crippen molar-refractivity contribution < 1.29 is 9.53 Å². The molecule has 2 aromatic carbocycles. The van der Waals surface area contributed by atoms with E-state index >= 15 is 0 Å². The maximum Gasteiger partial charge on any atom is 0.312 e. The summed E-state index contributed by atoms with van der Waals surface area (Å²) in [7, 11) is 0. The topological polar surface area (TPSA) is 55.6 Å². The first-order valence-corrected chi connectivity index (χ1v) is 8.48. The van der Waals surface area contributed by atoms with Crippen LogP contribution in [0, 0.1) is 5.92 Å². The molecule has 4 nitrogen and oxygen atoms in total. The van der Waals surface area contributed by atoms with Gasteiger partial charge in [0.05, 0.1) is 12.1 Å². The highest BCUT2D eigenvalue weighted by atomic mass is 16.5. The van der Waals surface area contributed by atoms with Gasteiger partial charge in [0.2, 0.25) is 0 Å². The van der Waals surface area contributed by atoms with Crippen LogP contribution in [-0.4, -0.2) is 23.6 Å². The van der Waals surface area contributed by atoms with Crippen molar-refractivity contribution in [2.75, 3.05) is 6.54 Å². The summed E-state index contributed by atoms with van der Waals surface area (Å²) in [5.74, 6) is -0.449. The maximum atomic E-state index is 12.5. The lowest BCUT2D eigenvalue weighted by atomic mass is 9.94. The molecule has 1 aliphatic rings. The molecule has 126 valence electrons. The fourth-order valence-corrected chi connectivity index (χ4v) is 3.18. The normalized spacial score (nSPS) is 21.4. The van der Waals surface area contributed by atoms with E-state index in [9.17, 15) is 4.79 Å². The largest absolute Gasteiger partial charge is 0.461 e. The Morgan fingerprint density at radius 1 is 1.04 bits per heavy atom. The quantitative estimate of drug-likeness (QED) is 0.859. The summed E-state index contributed by atoms with van der Waals surface area (Å²) in [5.41, 5.74) is 8.58. The third kappa shape index (κ3) is 4.22. The van der Waals surface area contributed by atoms with Crippen molar-refractivity contribution in [3.8, 4) is 0 Å².